The minimum absolute atomic E-state index is 0. The number of carbonyl (C=O) groups is 2. The van der Waals surface area contributed by atoms with Crippen LogP contribution in [0.1, 0.15) is 41.0 Å². The zero-order valence-corrected chi connectivity index (χ0v) is 19.7. The molecule has 0 aromatic heterocycles. The van der Waals surface area contributed by atoms with Gasteiger partial charge in [-0.3, -0.25) is 14.5 Å². The summed E-state index contributed by atoms with van der Waals surface area (Å²) in [5, 5.41) is 0. The summed E-state index contributed by atoms with van der Waals surface area (Å²) in [4.78, 5) is 30.0. The van der Waals surface area contributed by atoms with Crippen LogP contribution < -0.4 is 0 Å². The molecule has 3 unspecified atom stereocenters. The van der Waals surface area contributed by atoms with Gasteiger partial charge in [-0.25, -0.2) is 0 Å². The van der Waals surface area contributed by atoms with Crippen LogP contribution in [0.15, 0.2) is 24.3 Å². The topological polar surface area (TPSA) is 40.6 Å². The molecule has 1 aliphatic carbocycles. The Kier molecular flexibility index (Phi) is 4.11. The van der Waals surface area contributed by atoms with Crippen molar-refractivity contribution in [2.75, 3.05) is 13.1 Å². The van der Waals surface area contributed by atoms with Gasteiger partial charge < -0.3 is 11.8 Å². The van der Waals surface area contributed by atoms with Crippen LogP contribution >= 0.6 is 0 Å². The van der Waals surface area contributed by atoms with E-state index < -0.39 is 0 Å². The van der Waals surface area contributed by atoms with E-state index in [-0.39, 0.29) is 29.8 Å². The molecule has 1 saturated heterocycles. The van der Waals surface area contributed by atoms with Crippen LogP contribution in [0.4, 0.5) is 0 Å². The van der Waals surface area contributed by atoms with Gasteiger partial charge in [0.1, 0.15) is 0 Å². The normalized spacial score (nSPS) is 28.2. The number of carbonyl (C=O) groups excluding carboxylic acids is 2. The third kappa shape index (κ3) is 1.94. The van der Waals surface area contributed by atoms with Crippen molar-refractivity contribution in [1.29, 1.82) is 0 Å². The van der Waals surface area contributed by atoms with Gasteiger partial charge >= 0.3 is 0 Å². The van der Waals surface area contributed by atoms with Crippen molar-refractivity contribution >= 4 is 11.6 Å². The van der Waals surface area contributed by atoms with E-state index in [2.05, 4.69) is 30.6 Å². The molecule has 1 fully saturated rings. The molecule has 0 bridgehead atoms. The second kappa shape index (κ2) is 5.70. The van der Waals surface area contributed by atoms with Crippen LogP contribution in [0, 0.1) is 6.92 Å². The fourth-order valence-corrected chi connectivity index (χ4v) is 3.75. The summed E-state index contributed by atoms with van der Waals surface area (Å²) in [7, 11) is 0. The van der Waals surface area contributed by atoms with Crippen molar-refractivity contribution in [2.45, 2.75) is 38.5 Å². The fraction of sp³-hybridized carbons (Fsp3) is 0.471. The van der Waals surface area contributed by atoms with Crippen LogP contribution in [0.2, 0.25) is 0 Å². The first-order valence-corrected chi connectivity index (χ1v) is 7.60. The Morgan fingerprint density at radius 3 is 2.00 bits per heavy atom. The largest absolute Gasteiger partial charge is 0.330 e. The first kappa shape index (κ1) is 15.9. The van der Waals surface area contributed by atoms with Crippen LogP contribution in [0.25, 0.3) is 0 Å². The van der Waals surface area contributed by atoms with Crippen molar-refractivity contribution < 1.29 is 9.59 Å². The van der Waals surface area contributed by atoms with Crippen LogP contribution in [-0.4, -0.2) is 52.7 Å². The van der Waals surface area contributed by atoms with Crippen molar-refractivity contribution in [2.24, 2.45) is 0 Å². The minimum Gasteiger partial charge on any atom is -0.330 e. The van der Waals surface area contributed by atoms with E-state index in [0.717, 1.165) is 13.0 Å². The summed E-state index contributed by atoms with van der Waals surface area (Å²) in [6.45, 7) is 9.46. The van der Waals surface area contributed by atoms with E-state index in [1.54, 1.807) is 12.1 Å². The van der Waals surface area contributed by atoms with Crippen LogP contribution in [-0.2, 0) is 0 Å². The number of rotatable bonds is 3. The molecule has 1 aromatic carbocycles. The fourth-order valence-electron chi connectivity index (χ4n) is 3.75. The third-order valence-corrected chi connectivity index (χ3v) is 4.71. The Bertz CT molecular complexity index is 590. The summed E-state index contributed by atoms with van der Waals surface area (Å²) in [5.41, 5.74) is 1.13. The van der Waals surface area contributed by atoms with Crippen LogP contribution in [0.5, 0.6) is 0 Å². The summed E-state index contributed by atoms with van der Waals surface area (Å²) >= 11 is 0. The predicted octanol–water partition coefficient (Wildman–Crippen LogP) is 2.01. The number of nitrogens with zero attached hydrogens (tertiary/aromatic N) is 2. The molecular formula is C17H21N2O2Rf-. The number of hydrogen-bond donors (Lipinski definition) is 0. The minimum atomic E-state index is -0.383. The first-order chi connectivity index (χ1) is 10.1. The number of benzene rings is 1. The summed E-state index contributed by atoms with van der Waals surface area (Å²) in [6, 6.07) is 6.44. The Morgan fingerprint density at radius 2 is 1.55 bits per heavy atom. The third-order valence-electron chi connectivity index (χ3n) is 4.71. The molecule has 0 amide bonds. The number of fused-ring (bicyclic) bond motifs is 2. The Hall–Kier alpha value is -2.52. The van der Waals surface area contributed by atoms with E-state index in [9.17, 15) is 9.59 Å². The van der Waals surface area contributed by atoms with Gasteiger partial charge in [0.2, 0.25) is 0 Å². The van der Waals surface area contributed by atoms with Gasteiger partial charge in [-0.2, -0.15) is 0 Å². The molecule has 5 heteroatoms. The molecule has 1 heterocycles. The molecule has 0 saturated carbocycles. The van der Waals surface area contributed by atoms with Crippen molar-refractivity contribution in [1.82, 2.24) is 9.80 Å². The van der Waals surface area contributed by atoms with Gasteiger partial charge in [0.15, 0.2) is 11.6 Å². The summed E-state index contributed by atoms with van der Waals surface area (Å²) < 4.78 is 0. The zero-order valence-electron chi connectivity index (χ0n) is 13.3. The maximum absolute atomic E-state index is 12.9. The number of hydrogen-bond acceptors (Lipinski definition) is 4. The monoisotopic (exact) mass is 552 g/mol. The van der Waals surface area contributed by atoms with Gasteiger partial charge in [0.25, 0.3) is 0 Å². The Balaban J connectivity index is 0.00000176. The molecule has 1 aliphatic heterocycles. The average molecular weight is 552 g/mol. The molecular weight excluding hydrogens is 531 g/mol. The van der Waals surface area contributed by atoms with E-state index in [1.165, 1.54) is 0 Å². The molecule has 0 radical (unpaired) electrons. The molecule has 4 nitrogen and oxygen atoms in total. The predicted molar refractivity (Wildman–Crippen MR) is 81.2 cm³/mol. The smallest absolute Gasteiger partial charge is 0.182 e. The summed E-state index contributed by atoms with van der Waals surface area (Å²) in [6.07, 6.45) is 1.03. The molecule has 0 N–H and O–H groups in total. The Morgan fingerprint density at radius 1 is 1.05 bits per heavy atom. The number of ketones is 2. The maximum Gasteiger partial charge on any atom is 0.182 e. The SMILES string of the molecule is [CH2-]CN1C2C(=O)c3ccccc3C(=O)C2N(CCC)C1C.[Rf]. The van der Waals surface area contributed by atoms with Crippen LogP contribution in [0.3, 0.4) is 0 Å². The zero-order chi connectivity index (χ0) is 15.1. The summed E-state index contributed by atoms with van der Waals surface area (Å²) in [5.74, 6) is 0.135. The maximum atomic E-state index is 12.9. The van der Waals surface area contributed by atoms with Gasteiger partial charge in [-0.05, 0) is 13.3 Å². The molecule has 3 atom stereocenters. The van der Waals surface area contributed by atoms with E-state index in [1.807, 2.05) is 12.1 Å². The quantitative estimate of drug-likeness (QED) is 0.539. The van der Waals surface area contributed by atoms with Gasteiger partial charge in [0, 0.05) is 17.7 Å². The van der Waals surface area contributed by atoms with E-state index in [0.29, 0.717) is 17.7 Å². The second-order valence-electron chi connectivity index (χ2n) is 5.77. The average Bonchev–Trinajstić information content (AvgIpc) is 2.78. The molecule has 3 rings (SSSR count). The van der Waals surface area contributed by atoms with E-state index in [4.69, 9.17) is 0 Å². The number of Topliss-reactive ketones (excluding diaryl/α,β-unsaturated/α-hetero) is 2. The van der Waals surface area contributed by atoms with E-state index >= 15 is 0 Å². The van der Waals surface area contributed by atoms with Gasteiger partial charge in [0.05, 0.1) is 18.2 Å². The molecule has 1 aromatic rings. The van der Waals surface area contributed by atoms with Crippen molar-refractivity contribution in [3.05, 3.63) is 42.3 Å². The first-order valence-electron chi connectivity index (χ1n) is 7.60. The second-order valence-corrected chi connectivity index (χ2v) is 5.77. The van der Waals surface area contributed by atoms with Gasteiger partial charge in [-0.15, -0.1) is 6.54 Å². The molecule has 2 aliphatic rings. The van der Waals surface area contributed by atoms with Gasteiger partial charge in [-0.1, -0.05) is 31.2 Å². The standard InChI is InChI=1S/C17H21N2O2.Rf/c1-4-10-19-11(3)18(5-2)14-15(19)17(21)13-9-7-6-8-12(13)16(14)20;/h6-9,11,14-15H,2,4-5,10H2,1,3H3;/q-1;. The van der Waals surface area contributed by atoms with Crippen molar-refractivity contribution in [3.8, 4) is 0 Å². The molecule has 114 valence electrons. The molecule has 0 spiro atoms. The Labute approximate surface area is 125 Å². The molecule has 22 heavy (non-hydrogen) atoms. The van der Waals surface area contributed by atoms with Crippen molar-refractivity contribution in [3.63, 3.8) is 0 Å².